The minimum atomic E-state index is 0.0117. The van der Waals surface area contributed by atoms with Gasteiger partial charge in [0.25, 0.3) is 0 Å². The molecule has 0 fully saturated rings. The summed E-state index contributed by atoms with van der Waals surface area (Å²) < 4.78 is 10.7. The van der Waals surface area contributed by atoms with Crippen LogP contribution < -0.4 is 9.47 Å². The molecule has 2 aromatic carbocycles. The van der Waals surface area contributed by atoms with E-state index >= 15 is 0 Å². The highest BCUT2D eigenvalue weighted by Crippen LogP contribution is 2.33. The monoisotopic (exact) mass is 381 g/mol. The smallest absolute Gasteiger partial charge is 0.223 e. The van der Waals surface area contributed by atoms with E-state index in [1.54, 1.807) is 14.2 Å². The molecule has 2 aromatic rings. The standard InChI is InChI=1S/C23H27NO4/c1-15-5-6-18(11-16(15)2)20(25)7-8-23(26)24-10-9-17-12-21(27-3)22(28-4)13-19(17)14-24/h5-6,11-13H,7-10,14H2,1-4H3. The number of carbonyl (C=O) groups is 2. The Morgan fingerprint density at radius 3 is 2.25 bits per heavy atom. The second-order valence-corrected chi connectivity index (χ2v) is 7.26. The summed E-state index contributed by atoms with van der Waals surface area (Å²) in [5.41, 5.74) is 5.17. The van der Waals surface area contributed by atoms with Crippen LogP contribution in [0.2, 0.25) is 0 Å². The number of ketones is 1. The van der Waals surface area contributed by atoms with Crippen molar-refractivity contribution < 1.29 is 19.1 Å². The molecule has 0 radical (unpaired) electrons. The lowest BCUT2D eigenvalue weighted by Crippen LogP contribution is -2.36. The van der Waals surface area contributed by atoms with Crippen molar-refractivity contribution in [2.45, 2.75) is 39.7 Å². The maximum absolute atomic E-state index is 12.7. The lowest BCUT2D eigenvalue weighted by molar-refractivity contribution is -0.132. The van der Waals surface area contributed by atoms with E-state index < -0.39 is 0 Å². The second-order valence-electron chi connectivity index (χ2n) is 7.26. The number of aryl methyl sites for hydroxylation is 2. The van der Waals surface area contributed by atoms with Crippen molar-refractivity contribution in [2.24, 2.45) is 0 Å². The Balaban J connectivity index is 1.63. The first-order valence-electron chi connectivity index (χ1n) is 9.55. The van der Waals surface area contributed by atoms with Crippen LogP contribution in [0.15, 0.2) is 30.3 Å². The fourth-order valence-electron chi connectivity index (χ4n) is 3.53. The third kappa shape index (κ3) is 4.19. The van der Waals surface area contributed by atoms with E-state index in [1.807, 2.05) is 49.1 Å². The van der Waals surface area contributed by atoms with Crippen LogP contribution in [0.3, 0.4) is 0 Å². The van der Waals surface area contributed by atoms with Crippen LogP contribution in [0.4, 0.5) is 0 Å². The number of hydrogen-bond donors (Lipinski definition) is 0. The summed E-state index contributed by atoms with van der Waals surface area (Å²) in [6.45, 7) is 5.20. The molecule has 1 aliphatic heterocycles. The zero-order valence-corrected chi connectivity index (χ0v) is 17.0. The summed E-state index contributed by atoms with van der Waals surface area (Å²) in [5.74, 6) is 1.40. The number of carbonyl (C=O) groups excluding carboxylic acids is 2. The molecule has 0 aromatic heterocycles. The van der Waals surface area contributed by atoms with Gasteiger partial charge in [0, 0.05) is 31.5 Å². The molecule has 0 atom stereocenters. The van der Waals surface area contributed by atoms with Crippen molar-refractivity contribution in [3.63, 3.8) is 0 Å². The first-order chi connectivity index (χ1) is 13.4. The van der Waals surface area contributed by atoms with Crippen molar-refractivity contribution in [3.05, 3.63) is 58.1 Å². The Morgan fingerprint density at radius 2 is 1.61 bits per heavy atom. The first kappa shape index (κ1) is 19.9. The van der Waals surface area contributed by atoms with E-state index in [2.05, 4.69) is 0 Å². The van der Waals surface area contributed by atoms with Gasteiger partial charge in [-0.05, 0) is 60.7 Å². The molecule has 0 N–H and O–H groups in total. The van der Waals surface area contributed by atoms with E-state index in [9.17, 15) is 9.59 Å². The van der Waals surface area contributed by atoms with Crippen molar-refractivity contribution >= 4 is 11.7 Å². The van der Waals surface area contributed by atoms with Gasteiger partial charge in [-0.15, -0.1) is 0 Å². The molecule has 28 heavy (non-hydrogen) atoms. The molecule has 0 bridgehead atoms. The highest BCUT2D eigenvalue weighted by molar-refractivity contribution is 5.98. The number of hydrogen-bond acceptors (Lipinski definition) is 4. The summed E-state index contributed by atoms with van der Waals surface area (Å²) in [6, 6.07) is 9.62. The van der Waals surface area contributed by atoms with Gasteiger partial charge in [-0.2, -0.15) is 0 Å². The Morgan fingerprint density at radius 1 is 0.929 bits per heavy atom. The van der Waals surface area contributed by atoms with Gasteiger partial charge in [-0.3, -0.25) is 9.59 Å². The SMILES string of the molecule is COc1cc2c(cc1OC)CN(C(=O)CCC(=O)c1ccc(C)c(C)c1)CC2. The predicted octanol–water partition coefficient (Wildman–Crippen LogP) is 3.87. The topological polar surface area (TPSA) is 55.8 Å². The van der Waals surface area contributed by atoms with E-state index in [0.717, 1.165) is 23.1 Å². The maximum atomic E-state index is 12.7. The van der Waals surface area contributed by atoms with Gasteiger partial charge >= 0.3 is 0 Å². The number of amides is 1. The molecule has 5 heteroatoms. The average Bonchev–Trinajstić information content (AvgIpc) is 2.72. The van der Waals surface area contributed by atoms with Gasteiger partial charge in [-0.25, -0.2) is 0 Å². The Labute approximate surface area is 166 Å². The molecule has 0 spiro atoms. The number of fused-ring (bicyclic) bond motifs is 1. The summed E-state index contributed by atoms with van der Waals surface area (Å²) >= 11 is 0. The molecule has 5 nitrogen and oxygen atoms in total. The second kappa shape index (κ2) is 8.46. The molecule has 3 rings (SSSR count). The normalized spacial score (nSPS) is 13.1. The van der Waals surface area contributed by atoms with Gasteiger partial charge in [-0.1, -0.05) is 12.1 Å². The van der Waals surface area contributed by atoms with Crippen LogP contribution in [0.25, 0.3) is 0 Å². The predicted molar refractivity (Wildman–Crippen MR) is 108 cm³/mol. The Bertz CT molecular complexity index is 904. The van der Waals surface area contributed by atoms with Crippen LogP contribution in [0, 0.1) is 13.8 Å². The molecule has 0 unspecified atom stereocenters. The molecule has 0 saturated heterocycles. The summed E-state index contributed by atoms with van der Waals surface area (Å²) in [6.07, 6.45) is 1.23. The zero-order valence-electron chi connectivity index (χ0n) is 17.0. The average molecular weight is 381 g/mol. The number of nitrogens with zero attached hydrogens (tertiary/aromatic N) is 1. The molecule has 1 aliphatic rings. The van der Waals surface area contributed by atoms with E-state index in [1.165, 1.54) is 5.56 Å². The minimum Gasteiger partial charge on any atom is -0.493 e. The lowest BCUT2D eigenvalue weighted by Gasteiger charge is -2.29. The van der Waals surface area contributed by atoms with E-state index in [-0.39, 0.29) is 24.5 Å². The molecule has 1 heterocycles. The highest BCUT2D eigenvalue weighted by Gasteiger charge is 2.23. The fraction of sp³-hybridized carbons (Fsp3) is 0.391. The first-order valence-corrected chi connectivity index (χ1v) is 9.55. The number of methoxy groups -OCH3 is 2. The molecule has 0 saturated carbocycles. The largest absolute Gasteiger partial charge is 0.493 e. The van der Waals surface area contributed by atoms with Crippen molar-refractivity contribution in [3.8, 4) is 11.5 Å². The molecular weight excluding hydrogens is 354 g/mol. The molecular formula is C23H27NO4. The Kier molecular flexibility index (Phi) is 6.02. The van der Waals surface area contributed by atoms with Crippen molar-refractivity contribution in [1.82, 2.24) is 4.90 Å². The number of Topliss-reactive ketones (excluding diaryl/α,β-unsaturated/α-hetero) is 1. The van der Waals surface area contributed by atoms with Crippen LogP contribution in [0.5, 0.6) is 11.5 Å². The Hall–Kier alpha value is -2.82. The molecule has 1 amide bonds. The fourth-order valence-corrected chi connectivity index (χ4v) is 3.53. The van der Waals surface area contributed by atoms with Crippen LogP contribution in [-0.4, -0.2) is 37.4 Å². The van der Waals surface area contributed by atoms with Gasteiger partial charge < -0.3 is 14.4 Å². The van der Waals surface area contributed by atoms with E-state index in [0.29, 0.717) is 30.2 Å². The van der Waals surface area contributed by atoms with Gasteiger partial charge in [0.05, 0.1) is 14.2 Å². The van der Waals surface area contributed by atoms with Gasteiger partial charge in [0.15, 0.2) is 17.3 Å². The van der Waals surface area contributed by atoms with Crippen LogP contribution >= 0.6 is 0 Å². The maximum Gasteiger partial charge on any atom is 0.223 e. The summed E-state index contributed by atoms with van der Waals surface area (Å²) in [5, 5.41) is 0. The van der Waals surface area contributed by atoms with E-state index in [4.69, 9.17) is 9.47 Å². The molecule has 0 aliphatic carbocycles. The minimum absolute atomic E-state index is 0.0117. The van der Waals surface area contributed by atoms with Crippen LogP contribution in [-0.2, 0) is 17.8 Å². The number of ether oxygens (including phenoxy) is 2. The van der Waals surface area contributed by atoms with Crippen LogP contribution in [0.1, 0.15) is 45.5 Å². The van der Waals surface area contributed by atoms with Crippen molar-refractivity contribution in [1.29, 1.82) is 0 Å². The number of rotatable bonds is 6. The quantitative estimate of drug-likeness (QED) is 0.713. The highest BCUT2D eigenvalue weighted by atomic mass is 16.5. The van der Waals surface area contributed by atoms with Gasteiger partial charge in [0.1, 0.15) is 0 Å². The number of benzene rings is 2. The van der Waals surface area contributed by atoms with Gasteiger partial charge in [0.2, 0.25) is 5.91 Å². The summed E-state index contributed by atoms with van der Waals surface area (Å²) in [7, 11) is 3.23. The summed E-state index contributed by atoms with van der Waals surface area (Å²) in [4.78, 5) is 26.9. The third-order valence-corrected chi connectivity index (χ3v) is 5.47. The zero-order chi connectivity index (χ0) is 20.3. The lowest BCUT2D eigenvalue weighted by atomic mass is 9.97. The third-order valence-electron chi connectivity index (χ3n) is 5.47. The van der Waals surface area contributed by atoms with Crippen molar-refractivity contribution in [2.75, 3.05) is 20.8 Å². The molecule has 148 valence electrons.